The quantitative estimate of drug-likeness (QED) is 0.503. The van der Waals surface area contributed by atoms with Crippen molar-refractivity contribution in [1.29, 1.82) is 0 Å². The van der Waals surface area contributed by atoms with E-state index < -0.39 is 10.9 Å². The largest absolute Gasteiger partial charge is 0.490 e. The fourth-order valence-electron chi connectivity index (χ4n) is 1.15. The minimum atomic E-state index is -0.587. The number of benzene rings is 1. The van der Waals surface area contributed by atoms with Gasteiger partial charge in [0.25, 0.3) is 0 Å². The Balaban J connectivity index is 2.97. The Kier molecular flexibility index (Phi) is 4.55. The summed E-state index contributed by atoms with van der Waals surface area (Å²) in [4.78, 5) is 25.3. The molecule has 0 fully saturated rings. The molecule has 0 saturated carbocycles. The van der Waals surface area contributed by atoms with Crippen molar-refractivity contribution in [3.63, 3.8) is 0 Å². The van der Waals surface area contributed by atoms with Gasteiger partial charge in [-0.2, -0.15) is 0 Å². The Morgan fingerprint density at radius 3 is 2.67 bits per heavy atom. The van der Waals surface area contributed by atoms with Crippen molar-refractivity contribution in [2.24, 2.45) is 0 Å². The lowest BCUT2D eigenvalue weighted by Crippen LogP contribution is -2.24. The van der Waals surface area contributed by atoms with Crippen LogP contribution < -0.4 is 10.2 Å². The topological polar surface area (TPSA) is 90.7 Å². The molecule has 1 aromatic carbocycles. The molecule has 0 aliphatic rings. The summed E-state index contributed by atoms with van der Waals surface area (Å²) in [5.41, 5.74) is 2.35. The highest BCUT2D eigenvalue weighted by Crippen LogP contribution is 2.27. The smallest absolute Gasteiger partial charge is 0.329 e. The third-order valence-electron chi connectivity index (χ3n) is 1.93. The standard InChI is InChI=1S/C10H10N2O5S/c1-6(13)17-11-10(18)7-3-4-9(16-2)8(5-7)12(14)15/h3-5H,1-2H3,(H,11,18). The van der Waals surface area contributed by atoms with Crippen LogP contribution in [0.15, 0.2) is 18.2 Å². The monoisotopic (exact) mass is 270 g/mol. The highest BCUT2D eigenvalue weighted by Gasteiger charge is 2.16. The van der Waals surface area contributed by atoms with Gasteiger partial charge in [-0.05, 0) is 12.1 Å². The molecule has 0 aliphatic carbocycles. The second-order valence-electron chi connectivity index (χ2n) is 3.17. The van der Waals surface area contributed by atoms with E-state index in [0.29, 0.717) is 5.56 Å². The zero-order valence-corrected chi connectivity index (χ0v) is 10.4. The molecule has 1 aromatic rings. The average molecular weight is 270 g/mol. The molecule has 1 N–H and O–H groups in total. The summed E-state index contributed by atoms with van der Waals surface area (Å²) in [6.45, 7) is 1.20. The molecule has 0 atom stereocenters. The van der Waals surface area contributed by atoms with Crippen LogP contribution in [-0.2, 0) is 9.63 Å². The lowest BCUT2D eigenvalue weighted by molar-refractivity contribution is -0.385. The number of nitrogens with zero attached hydrogens (tertiary/aromatic N) is 1. The Bertz CT molecular complexity index is 503. The lowest BCUT2D eigenvalue weighted by Gasteiger charge is -2.07. The molecular weight excluding hydrogens is 260 g/mol. The van der Waals surface area contributed by atoms with Crippen LogP contribution in [0.2, 0.25) is 0 Å². The van der Waals surface area contributed by atoms with Crippen LogP contribution >= 0.6 is 12.2 Å². The summed E-state index contributed by atoms with van der Waals surface area (Å²) in [6, 6.07) is 4.16. The summed E-state index contributed by atoms with van der Waals surface area (Å²) < 4.78 is 4.85. The number of hydrogen-bond acceptors (Lipinski definition) is 6. The molecule has 0 saturated heterocycles. The number of methoxy groups -OCH3 is 1. The zero-order chi connectivity index (χ0) is 13.7. The molecular formula is C10H10N2O5S. The predicted octanol–water partition coefficient (Wildman–Crippen LogP) is 1.35. The number of rotatable bonds is 3. The van der Waals surface area contributed by atoms with Crippen molar-refractivity contribution in [1.82, 2.24) is 5.48 Å². The number of hydrogen-bond donors (Lipinski definition) is 1. The van der Waals surface area contributed by atoms with Crippen LogP contribution in [0.25, 0.3) is 0 Å². The van der Waals surface area contributed by atoms with Gasteiger partial charge in [0, 0.05) is 18.6 Å². The normalized spacial score (nSPS) is 9.44. The minimum absolute atomic E-state index is 0.0657. The Labute approximate surface area is 108 Å². The Hall–Kier alpha value is -2.22. The van der Waals surface area contributed by atoms with E-state index in [9.17, 15) is 14.9 Å². The van der Waals surface area contributed by atoms with Gasteiger partial charge in [-0.1, -0.05) is 12.2 Å². The van der Waals surface area contributed by atoms with E-state index in [4.69, 9.17) is 17.0 Å². The average Bonchev–Trinajstić information content (AvgIpc) is 2.34. The molecule has 18 heavy (non-hydrogen) atoms. The highest BCUT2D eigenvalue weighted by molar-refractivity contribution is 7.80. The Morgan fingerprint density at radius 1 is 1.50 bits per heavy atom. The summed E-state index contributed by atoms with van der Waals surface area (Å²) in [5, 5.41) is 10.8. The number of hydroxylamine groups is 1. The van der Waals surface area contributed by atoms with Crippen molar-refractivity contribution in [3.05, 3.63) is 33.9 Å². The SMILES string of the molecule is COc1ccc(C(=S)NOC(C)=O)cc1[N+](=O)[O-]. The van der Waals surface area contributed by atoms with Gasteiger partial charge in [-0.15, -0.1) is 0 Å². The van der Waals surface area contributed by atoms with Gasteiger partial charge in [-0.3, -0.25) is 14.9 Å². The molecule has 0 heterocycles. The van der Waals surface area contributed by atoms with Crippen molar-refractivity contribution >= 4 is 28.9 Å². The second-order valence-corrected chi connectivity index (χ2v) is 3.58. The fourth-order valence-corrected chi connectivity index (χ4v) is 1.32. The van der Waals surface area contributed by atoms with E-state index >= 15 is 0 Å². The number of thiocarbonyl (C=S) groups is 1. The van der Waals surface area contributed by atoms with Gasteiger partial charge in [-0.25, -0.2) is 5.48 Å². The zero-order valence-electron chi connectivity index (χ0n) is 9.63. The number of carbonyl (C=O) groups is 1. The van der Waals surface area contributed by atoms with Crippen molar-refractivity contribution in [3.8, 4) is 5.75 Å². The number of nitro groups is 1. The van der Waals surface area contributed by atoms with Gasteiger partial charge in [0.15, 0.2) is 5.75 Å². The van der Waals surface area contributed by atoms with Gasteiger partial charge in [0.1, 0.15) is 4.99 Å². The highest BCUT2D eigenvalue weighted by atomic mass is 32.1. The summed E-state index contributed by atoms with van der Waals surface area (Å²) in [6.07, 6.45) is 0. The molecule has 0 radical (unpaired) electrons. The molecule has 0 bridgehead atoms. The summed E-state index contributed by atoms with van der Waals surface area (Å²) in [7, 11) is 1.33. The molecule has 7 nitrogen and oxygen atoms in total. The molecule has 0 amide bonds. The van der Waals surface area contributed by atoms with Gasteiger partial charge in [0.2, 0.25) is 0 Å². The molecule has 96 valence electrons. The van der Waals surface area contributed by atoms with Gasteiger partial charge < -0.3 is 9.57 Å². The first-order valence-corrected chi connectivity index (χ1v) is 5.16. The molecule has 0 aromatic heterocycles. The first kappa shape index (κ1) is 13.8. The first-order valence-electron chi connectivity index (χ1n) is 4.76. The van der Waals surface area contributed by atoms with Crippen molar-refractivity contribution < 1.29 is 19.3 Å². The Morgan fingerprint density at radius 2 is 2.17 bits per heavy atom. The predicted molar refractivity (Wildman–Crippen MR) is 66.3 cm³/mol. The molecule has 0 unspecified atom stereocenters. The van der Waals surface area contributed by atoms with Crippen LogP contribution in [0.1, 0.15) is 12.5 Å². The van der Waals surface area contributed by atoms with Crippen molar-refractivity contribution in [2.45, 2.75) is 6.92 Å². The lowest BCUT2D eigenvalue weighted by atomic mass is 10.2. The van der Waals surface area contributed by atoms with Crippen LogP contribution in [0.3, 0.4) is 0 Å². The maximum Gasteiger partial charge on any atom is 0.329 e. The number of ether oxygens (including phenoxy) is 1. The van der Waals surface area contributed by atoms with E-state index in [2.05, 4.69) is 10.3 Å². The van der Waals surface area contributed by atoms with E-state index in [1.807, 2.05) is 0 Å². The fraction of sp³-hybridized carbons (Fsp3) is 0.200. The van der Waals surface area contributed by atoms with Crippen LogP contribution in [0, 0.1) is 10.1 Å². The number of nitro benzene ring substituents is 1. The summed E-state index contributed by atoms with van der Waals surface area (Å²) in [5.74, 6) is -0.445. The van der Waals surface area contributed by atoms with Crippen LogP contribution in [0.4, 0.5) is 5.69 Å². The van der Waals surface area contributed by atoms with E-state index in [0.717, 1.165) is 0 Å². The molecule has 0 aliphatic heterocycles. The number of carbonyl (C=O) groups excluding carboxylic acids is 1. The van der Waals surface area contributed by atoms with Gasteiger partial charge >= 0.3 is 11.7 Å². The molecule has 0 spiro atoms. The van der Waals surface area contributed by atoms with E-state index in [-0.39, 0.29) is 16.4 Å². The third kappa shape index (κ3) is 3.39. The maximum atomic E-state index is 10.8. The van der Waals surface area contributed by atoms with Gasteiger partial charge in [0.05, 0.1) is 12.0 Å². The van der Waals surface area contributed by atoms with E-state index in [1.165, 1.54) is 32.2 Å². The minimum Gasteiger partial charge on any atom is -0.490 e. The van der Waals surface area contributed by atoms with E-state index in [1.54, 1.807) is 0 Å². The number of nitrogens with one attached hydrogen (secondary N) is 1. The maximum absolute atomic E-state index is 10.8. The summed E-state index contributed by atoms with van der Waals surface area (Å²) >= 11 is 4.91. The van der Waals surface area contributed by atoms with Crippen molar-refractivity contribution in [2.75, 3.05) is 7.11 Å². The van der Waals surface area contributed by atoms with Crippen LogP contribution in [-0.4, -0.2) is 23.0 Å². The molecule has 1 rings (SSSR count). The first-order chi connectivity index (χ1) is 8.45. The van der Waals surface area contributed by atoms with Crippen LogP contribution in [0.5, 0.6) is 5.75 Å². The second kappa shape index (κ2) is 5.92. The molecule has 8 heteroatoms. The third-order valence-corrected chi connectivity index (χ3v) is 2.24.